The summed E-state index contributed by atoms with van der Waals surface area (Å²) in [6.45, 7) is 1.80. The Morgan fingerprint density at radius 2 is 1.46 bits per heavy atom. The van der Waals surface area contributed by atoms with Gasteiger partial charge in [0.25, 0.3) is 42.8 Å². The van der Waals surface area contributed by atoms with Gasteiger partial charge in [0, 0.05) is 21.3 Å². The van der Waals surface area contributed by atoms with Gasteiger partial charge < -0.3 is 87.4 Å². The van der Waals surface area contributed by atoms with E-state index in [1.54, 1.807) is 20.9 Å². The van der Waals surface area contributed by atoms with Gasteiger partial charge in [-0.25, -0.2) is 28.1 Å². The maximum Gasteiger partial charge on any atom is 0.313 e. The van der Waals surface area contributed by atoms with E-state index in [0.717, 1.165) is 14.2 Å². The predicted molar refractivity (Wildman–Crippen MR) is 222 cm³/mol. The van der Waals surface area contributed by atoms with Crippen LogP contribution in [0.4, 0.5) is 11.8 Å². The Hall–Kier alpha value is -3.30. The normalized spacial score (nSPS) is 31.8. The molecule has 33 nitrogen and oxygen atoms in total. The summed E-state index contributed by atoms with van der Waals surface area (Å²) in [6.07, 6.45) is -13.2. The van der Waals surface area contributed by atoms with Crippen LogP contribution in [0.15, 0.2) is 23.8 Å². The molecule has 0 aromatic carbocycles. The number of nitrogens with zero attached hydrogens (tertiary/aromatic N) is 7. The van der Waals surface area contributed by atoms with Gasteiger partial charge in [0.15, 0.2) is 24.0 Å². The Morgan fingerprint density at radius 1 is 0.857 bits per heavy atom. The number of anilines is 2. The number of hydrogen-bond donors (Lipinski definition) is 5. The molecule has 0 saturated carbocycles. The van der Waals surface area contributed by atoms with Gasteiger partial charge >= 0.3 is 5.65 Å². The summed E-state index contributed by atoms with van der Waals surface area (Å²) < 4.78 is 118. The molecule has 0 aliphatic carbocycles. The van der Waals surface area contributed by atoms with Gasteiger partial charge in [-0.1, -0.05) is 4.98 Å². The van der Waals surface area contributed by atoms with E-state index < -0.39 is 136 Å². The molecule has 7 unspecified atom stereocenters. The van der Waals surface area contributed by atoms with Crippen molar-refractivity contribution in [1.29, 1.82) is 0 Å². The van der Waals surface area contributed by atoms with E-state index in [1.165, 1.54) is 46.7 Å². The Bertz CT molecular complexity index is 2770. The topological polar surface area (TPSA) is 448 Å². The number of aromatic amines is 1. The molecule has 0 amide bonds. The molecule has 0 spiro atoms. The van der Waals surface area contributed by atoms with Crippen molar-refractivity contribution in [2.45, 2.75) is 100 Å². The molecule has 4 aromatic rings. The standard InChI is InChI=1S/C33H52N10O23P4/c1-14(2)60-24-17(61-15(3)21(24)44)9-57-67(47,48)64-25-18(63-32(26(25)56-7)42-12-38-19-27(35-4)36-11-37-28(19)42)10-59-69(51,52)66-70(53,54)65-68(49,50)58-8-16-23(55-6)22(45)31(62-16)43-13-41(5)20-29(43)39-33(34)40-30(20)46/h11-18,21-26,31-32,44-45H,8-10H2,1-7H3,(H7-,34,35,36,37,39,40,46,47,48,49,50,51,52,53,54)/p-3/t15-,16+,17+,18+,21?,22?,23-,24-,25-,26?,31+,32+/m0/s1. The van der Waals surface area contributed by atoms with E-state index in [9.17, 15) is 52.8 Å². The number of fused-ring (bicyclic) bond motifs is 2. The van der Waals surface area contributed by atoms with Gasteiger partial charge in [-0.05, 0) is 20.8 Å². The summed E-state index contributed by atoms with van der Waals surface area (Å²) in [4.78, 5) is 83.5. The third-order valence-electron chi connectivity index (χ3n) is 10.9. The maximum atomic E-state index is 13.5. The number of phosphoric acid groups is 4. The fourth-order valence-corrected chi connectivity index (χ4v) is 12.3. The summed E-state index contributed by atoms with van der Waals surface area (Å²) in [5.41, 5.74) is 5.35. The van der Waals surface area contributed by atoms with Crippen LogP contribution in [-0.4, -0.2) is 152 Å². The smallest absolute Gasteiger partial charge is 0.313 e. The number of nitrogen functional groups attached to an aromatic ring is 1. The van der Waals surface area contributed by atoms with Crippen LogP contribution in [0.3, 0.4) is 0 Å². The van der Waals surface area contributed by atoms with Crippen molar-refractivity contribution < 1.29 is 108 Å². The number of H-pyrrole nitrogens is 1. The second-order valence-corrected chi connectivity index (χ2v) is 21.9. The van der Waals surface area contributed by atoms with Crippen molar-refractivity contribution in [3.05, 3.63) is 29.3 Å². The first-order valence-electron chi connectivity index (χ1n) is 20.7. The Labute approximate surface area is 395 Å². The highest BCUT2D eigenvalue weighted by atomic mass is 31.3. The number of aromatic nitrogens is 8. The van der Waals surface area contributed by atoms with Crippen LogP contribution in [0.2, 0.25) is 0 Å². The Morgan fingerprint density at radius 3 is 2.06 bits per heavy atom. The number of aryl methyl sites for hydroxylation is 1. The molecular weight excluding hydrogens is 1030 g/mol. The molecule has 70 heavy (non-hydrogen) atoms. The second kappa shape index (κ2) is 21.3. The molecule has 7 rings (SSSR count). The highest BCUT2D eigenvalue weighted by molar-refractivity contribution is 7.65. The van der Waals surface area contributed by atoms with Gasteiger partial charge in [0.2, 0.25) is 11.7 Å². The van der Waals surface area contributed by atoms with E-state index in [4.69, 9.17) is 47.7 Å². The minimum absolute atomic E-state index is 0.0175. The van der Waals surface area contributed by atoms with E-state index in [1.807, 2.05) is 0 Å². The third kappa shape index (κ3) is 11.9. The van der Waals surface area contributed by atoms with Crippen molar-refractivity contribution >= 4 is 65.4 Å². The number of hydrogen-bond acceptors (Lipinski definition) is 29. The minimum Gasteiger partial charge on any atom is -0.756 e. The van der Waals surface area contributed by atoms with Gasteiger partial charge in [-0.2, -0.15) is 0 Å². The number of aliphatic hydroxyl groups is 2. The van der Waals surface area contributed by atoms with E-state index in [2.05, 4.69) is 43.4 Å². The SMILES string of the molecule is CNc1ncnc2c1ncn2[C@@H]1O[C@H](COP(=O)([O-])OP(=O)([O-])OP(=O)([O-])OC[C@H]2O[C@@H]([n+]3cn(C)c4c(=O)[nH]c(N)nc43)C(O)[C@H]2OC)[C@H](OP(=O)([O-])OC[C@H]2O[C@@H](C)C(O)[C@H]2OC(C)C)C1OC. The van der Waals surface area contributed by atoms with Crippen LogP contribution in [-0.2, 0) is 80.4 Å². The van der Waals surface area contributed by atoms with Crippen LogP contribution >= 0.6 is 31.3 Å². The summed E-state index contributed by atoms with van der Waals surface area (Å²) in [6, 6.07) is 0. The lowest BCUT2D eigenvalue weighted by molar-refractivity contribution is -0.745. The van der Waals surface area contributed by atoms with Crippen molar-refractivity contribution in [2.75, 3.05) is 52.1 Å². The van der Waals surface area contributed by atoms with E-state index >= 15 is 0 Å². The molecule has 392 valence electrons. The monoisotopic (exact) mass is 1080 g/mol. The zero-order valence-corrected chi connectivity index (χ0v) is 41.4. The molecule has 3 fully saturated rings. The second-order valence-electron chi connectivity index (χ2n) is 16.0. The van der Waals surface area contributed by atoms with E-state index in [-0.39, 0.29) is 34.1 Å². The summed E-state index contributed by atoms with van der Waals surface area (Å²) >= 11 is 0. The lowest BCUT2D eigenvalue weighted by Gasteiger charge is -2.35. The number of imidazole rings is 2. The molecule has 7 heterocycles. The van der Waals surface area contributed by atoms with Gasteiger partial charge in [-0.15, -0.1) is 0 Å². The largest absolute Gasteiger partial charge is 0.756 e. The van der Waals surface area contributed by atoms with Crippen molar-refractivity contribution in [1.82, 2.24) is 34.1 Å². The first kappa shape index (κ1) is 54.5. The molecule has 0 bridgehead atoms. The number of nitrogens with one attached hydrogen (secondary N) is 2. The van der Waals surface area contributed by atoms with Crippen molar-refractivity contribution in [3.8, 4) is 0 Å². The van der Waals surface area contributed by atoms with Gasteiger partial charge in [0.05, 0.1) is 45.4 Å². The summed E-state index contributed by atoms with van der Waals surface area (Å²) in [5.74, 6) is -0.00626. The predicted octanol–water partition coefficient (Wildman–Crippen LogP) is -3.52. The van der Waals surface area contributed by atoms with Crippen LogP contribution in [0.5, 0.6) is 0 Å². The molecule has 4 aromatic heterocycles. The zero-order chi connectivity index (χ0) is 51.2. The Kier molecular flexibility index (Phi) is 16.6. The van der Waals surface area contributed by atoms with Crippen LogP contribution < -0.4 is 40.8 Å². The number of methoxy groups -OCH3 is 2. The zero-order valence-electron chi connectivity index (χ0n) is 37.8. The lowest BCUT2D eigenvalue weighted by atomic mass is 10.1. The quantitative estimate of drug-likeness (QED) is 0.0376. The fourth-order valence-electron chi connectivity index (χ4n) is 8.01. The summed E-state index contributed by atoms with van der Waals surface area (Å²) in [7, 11) is -19.0. The molecule has 3 saturated heterocycles. The molecule has 6 N–H and O–H groups in total. The first-order chi connectivity index (χ1) is 32.8. The van der Waals surface area contributed by atoms with Crippen LogP contribution in [0, 0.1) is 0 Å². The lowest BCUT2D eigenvalue weighted by Crippen LogP contribution is -2.46. The van der Waals surface area contributed by atoms with Crippen molar-refractivity contribution in [3.63, 3.8) is 0 Å². The third-order valence-corrected chi connectivity index (χ3v) is 16.0. The first-order valence-corrected chi connectivity index (χ1v) is 26.6. The van der Waals surface area contributed by atoms with Gasteiger partial charge in [0.1, 0.15) is 66.8 Å². The molecule has 16 atom stereocenters. The molecule has 3 aliphatic heterocycles. The molecule has 0 radical (unpaired) electrons. The van der Waals surface area contributed by atoms with E-state index in [0.29, 0.717) is 0 Å². The molecule has 37 heteroatoms. The highest BCUT2D eigenvalue weighted by Crippen LogP contribution is 2.63. The fraction of sp³-hybridized carbons (Fsp3) is 0.697. The van der Waals surface area contributed by atoms with Crippen LogP contribution in [0.25, 0.3) is 22.3 Å². The minimum atomic E-state index is -6.50. The Balaban J connectivity index is 1.03. The summed E-state index contributed by atoms with van der Waals surface area (Å²) in [5, 5.41) is 24.4. The molecule has 3 aliphatic rings. The van der Waals surface area contributed by atoms with Crippen molar-refractivity contribution in [2.24, 2.45) is 7.05 Å². The number of nitrogens with two attached hydrogens (primary N) is 1. The number of ether oxygens (including phenoxy) is 6. The highest BCUT2D eigenvalue weighted by Gasteiger charge is 2.51. The number of aliphatic hydroxyl groups excluding tert-OH is 2. The van der Waals surface area contributed by atoms with Gasteiger partial charge in [-0.3, -0.25) is 37.2 Å². The number of rotatable bonds is 22. The average molecular weight is 1080 g/mol. The van der Waals surface area contributed by atoms with Crippen LogP contribution in [0.1, 0.15) is 33.2 Å². The molecular formula is C33H49N10O23P4-3. The average Bonchev–Trinajstić information content (AvgIpc) is 4.06. The number of phosphoric ester groups is 3. The maximum absolute atomic E-state index is 13.5.